The summed E-state index contributed by atoms with van der Waals surface area (Å²) in [6.07, 6.45) is 2.22. The van der Waals surface area contributed by atoms with Gasteiger partial charge in [-0.25, -0.2) is 0 Å². The molecule has 1 aromatic carbocycles. The van der Waals surface area contributed by atoms with Crippen LogP contribution in [0.25, 0.3) is 0 Å². The zero-order valence-electron chi connectivity index (χ0n) is 11.5. The first-order chi connectivity index (χ1) is 8.19. The van der Waals surface area contributed by atoms with Crippen molar-refractivity contribution in [3.8, 4) is 5.75 Å². The van der Waals surface area contributed by atoms with Gasteiger partial charge in [0.15, 0.2) is 0 Å². The second-order valence-electron chi connectivity index (χ2n) is 4.72. The molecule has 0 saturated heterocycles. The molecule has 0 heterocycles. The van der Waals surface area contributed by atoms with E-state index in [0.29, 0.717) is 12.0 Å². The average Bonchev–Trinajstić information content (AvgIpc) is 2.32. The van der Waals surface area contributed by atoms with Gasteiger partial charge in [0, 0.05) is 6.04 Å². The van der Waals surface area contributed by atoms with Gasteiger partial charge < -0.3 is 10.1 Å². The summed E-state index contributed by atoms with van der Waals surface area (Å²) >= 11 is 0. The van der Waals surface area contributed by atoms with Crippen LogP contribution in [0.3, 0.4) is 0 Å². The maximum absolute atomic E-state index is 5.64. The fraction of sp³-hybridized carbons (Fsp3) is 0.600. The van der Waals surface area contributed by atoms with Crippen LogP contribution < -0.4 is 10.1 Å². The van der Waals surface area contributed by atoms with Crippen molar-refractivity contribution in [1.82, 2.24) is 5.32 Å². The Bertz CT molecular complexity index is 322. The van der Waals surface area contributed by atoms with Gasteiger partial charge in [0.1, 0.15) is 5.75 Å². The molecule has 0 aromatic heterocycles. The minimum Gasteiger partial charge on any atom is -0.494 e. The minimum atomic E-state index is 0.574. The van der Waals surface area contributed by atoms with Crippen molar-refractivity contribution in [2.24, 2.45) is 5.92 Å². The van der Waals surface area contributed by atoms with E-state index in [-0.39, 0.29) is 0 Å². The summed E-state index contributed by atoms with van der Waals surface area (Å²) in [6.45, 7) is 7.28. The number of nitrogens with one attached hydrogen (secondary N) is 1. The van der Waals surface area contributed by atoms with Crippen LogP contribution in [-0.2, 0) is 6.42 Å². The van der Waals surface area contributed by atoms with Gasteiger partial charge in [0.25, 0.3) is 0 Å². The van der Waals surface area contributed by atoms with E-state index < -0.39 is 0 Å². The van der Waals surface area contributed by atoms with Gasteiger partial charge in [-0.15, -0.1) is 0 Å². The highest BCUT2D eigenvalue weighted by atomic mass is 16.5. The van der Waals surface area contributed by atoms with Crippen LogP contribution in [0.2, 0.25) is 0 Å². The van der Waals surface area contributed by atoms with Crippen LogP contribution in [0.5, 0.6) is 5.75 Å². The van der Waals surface area contributed by atoms with E-state index in [0.717, 1.165) is 25.2 Å². The molecule has 0 fully saturated rings. The van der Waals surface area contributed by atoms with E-state index in [4.69, 9.17) is 4.74 Å². The summed E-state index contributed by atoms with van der Waals surface area (Å²) < 4.78 is 5.64. The third-order valence-corrected chi connectivity index (χ3v) is 3.17. The van der Waals surface area contributed by atoms with Crippen LogP contribution in [0, 0.1) is 5.92 Å². The molecule has 2 nitrogen and oxygen atoms in total. The Kier molecular flexibility index (Phi) is 6.06. The van der Waals surface area contributed by atoms with E-state index in [9.17, 15) is 0 Å². The van der Waals surface area contributed by atoms with E-state index in [1.54, 1.807) is 0 Å². The van der Waals surface area contributed by atoms with Gasteiger partial charge in [-0.05, 0) is 44.4 Å². The van der Waals surface area contributed by atoms with E-state index >= 15 is 0 Å². The molecule has 0 aliphatic rings. The quantitative estimate of drug-likeness (QED) is 0.783. The second kappa shape index (κ2) is 7.33. The molecule has 1 atom stereocenters. The van der Waals surface area contributed by atoms with Crippen molar-refractivity contribution in [2.45, 2.75) is 39.7 Å². The van der Waals surface area contributed by atoms with E-state index in [1.165, 1.54) is 5.56 Å². The average molecular weight is 235 g/mol. The Balaban J connectivity index is 2.61. The maximum Gasteiger partial charge on any atom is 0.122 e. The van der Waals surface area contributed by atoms with Crippen molar-refractivity contribution in [1.29, 1.82) is 0 Å². The number of para-hydroxylation sites is 1. The van der Waals surface area contributed by atoms with Crippen LogP contribution in [0.4, 0.5) is 0 Å². The summed E-state index contributed by atoms with van der Waals surface area (Å²) in [4.78, 5) is 0. The number of aryl methyl sites for hydroxylation is 1. The summed E-state index contributed by atoms with van der Waals surface area (Å²) in [5, 5.41) is 3.38. The van der Waals surface area contributed by atoms with Crippen LogP contribution >= 0.6 is 0 Å². The topological polar surface area (TPSA) is 21.3 Å². The molecule has 0 aliphatic carbocycles. The molecular formula is C15H25NO. The van der Waals surface area contributed by atoms with Gasteiger partial charge in [0.05, 0.1) is 6.61 Å². The molecule has 0 amide bonds. The second-order valence-corrected chi connectivity index (χ2v) is 4.72. The first-order valence-electron chi connectivity index (χ1n) is 6.57. The number of hydrogen-bond donors (Lipinski definition) is 1. The summed E-state index contributed by atoms with van der Waals surface area (Å²) in [6, 6.07) is 8.92. The molecule has 0 aliphatic heterocycles. The van der Waals surface area contributed by atoms with Gasteiger partial charge in [-0.1, -0.05) is 32.0 Å². The third kappa shape index (κ3) is 4.39. The highest BCUT2D eigenvalue weighted by molar-refractivity contribution is 5.33. The highest BCUT2D eigenvalue weighted by Crippen LogP contribution is 2.21. The lowest BCUT2D eigenvalue weighted by Crippen LogP contribution is -2.31. The first kappa shape index (κ1) is 14.0. The Morgan fingerprint density at radius 1 is 1.24 bits per heavy atom. The highest BCUT2D eigenvalue weighted by Gasteiger charge is 2.12. The van der Waals surface area contributed by atoms with Crippen molar-refractivity contribution >= 4 is 0 Å². The Morgan fingerprint density at radius 2 is 1.94 bits per heavy atom. The first-order valence-corrected chi connectivity index (χ1v) is 6.57. The van der Waals surface area contributed by atoms with Crippen molar-refractivity contribution < 1.29 is 4.74 Å². The van der Waals surface area contributed by atoms with Crippen LogP contribution in [0.15, 0.2) is 24.3 Å². The van der Waals surface area contributed by atoms with Gasteiger partial charge >= 0.3 is 0 Å². The van der Waals surface area contributed by atoms with Crippen LogP contribution in [-0.4, -0.2) is 19.7 Å². The predicted molar refractivity (Wildman–Crippen MR) is 73.6 cm³/mol. The molecule has 96 valence electrons. The number of hydrogen-bond acceptors (Lipinski definition) is 2. The van der Waals surface area contributed by atoms with Crippen molar-refractivity contribution in [2.75, 3.05) is 13.7 Å². The molecule has 2 heteroatoms. The molecule has 0 saturated carbocycles. The smallest absolute Gasteiger partial charge is 0.122 e. The Morgan fingerprint density at radius 3 is 2.53 bits per heavy atom. The lowest BCUT2D eigenvalue weighted by atomic mass is 9.96. The normalized spacial score (nSPS) is 12.8. The summed E-state index contributed by atoms with van der Waals surface area (Å²) in [7, 11) is 2.04. The van der Waals surface area contributed by atoms with E-state index in [2.05, 4.69) is 37.4 Å². The zero-order valence-corrected chi connectivity index (χ0v) is 11.5. The van der Waals surface area contributed by atoms with Crippen molar-refractivity contribution in [3.63, 3.8) is 0 Å². The summed E-state index contributed by atoms with van der Waals surface area (Å²) in [5.74, 6) is 1.70. The molecule has 1 aromatic rings. The molecule has 0 spiro atoms. The number of rotatable bonds is 7. The Labute approximate surface area is 105 Å². The maximum atomic E-state index is 5.64. The monoisotopic (exact) mass is 235 g/mol. The fourth-order valence-corrected chi connectivity index (χ4v) is 2.13. The zero-order chi connectivity index (χ0) is 12.7. The summed E-state index contributed by atoms with van der Waals surface area (Å²) in [5.41, 5.74) is 1.32. The van der Waals surface area contributed by atoms with Crippen molar-refractivity contribution in [3.05, 3.63) is 29.8 Å². The van der Waals surface area contributed by atoms with E-state index in [1.807, 2.05) is 20.0 Å². The minimum absolute atomic E-state index is 0.574. The Hall–Kier alpha value is -1.02. The predicted octanol–water partition coefficient (Wildman–Crippen LogP) is 3.26. The molecule has 0 radical (unpaired) electrons. The lowest BCUT2D eigenvalue weighted by Gasteiger charge is -2.20. The number of ether oxygens (including phenoxy) is 1. The molecule has 0 bridgehead atoms. The van der Waals surface area contributed by atoms with Gasteiger partial charge in [-0.2, -0.15) is 0 Å². The molecule has 17 heavy (non-hydrogen) atoms. The standard InChI is InChI=1S/C15H25NO/c1-5-17-15-9-7-6-8-13(15)10-11-14(16-4)12(2)3/h6-9,12,14,16H,5,10-11H2,1-4H3. The van der Waals surface area contributed by atoms with Gasteiger partial charge in [0.2, 0.25) is 0 Å². The number of benzene rings is 1. The van der Waals surface area contributed by atoms with Crippen LogP contribution in [0.1, 0.15) is 32.8 Å². The fourth-order valence-electron chi connectivity index (χ4n) is 2.13. The molecule has 1 unspecified atom stereocenters. The van der Waals surface area contributed by atoms with Gasteiger partial charge in [-0.3, -0.25) is 0 Å². The largest absolute Gasteiger partial charge is 0.494 e. The molecular weight excluding hydrogens is 210 g/mol. The molecule has 1 rings (SSSR count). The lowest BCUT2D eigenvalue weighted by molar-refractivity contribution is 0.334. The third-order valence-electron chi connectivity index (χ3n) is 3.17. The SMILES string of the molecule is CCOc1ccccc1CCC(NC)C(C)C. The molecule has 1 N–H and O–H groups in total.